The Balaban J connectivity index is 1.41. The lowest BCUT2D eigenvalue weighted by molar-refractivity contribution is -0.131. The third kappa shape index (κ3) is 5.62. The molecule has 2 heterocycles. The minimum Gasteiger partial charge on any atom is -0.337 e. The van der Waals surface area contributed by atoms with E-state index >= 15 is 0 Å². The van der Waals surface area contributed by atoms with Crippen molar-refractivity contribution in [2.45, 2.75) is 89.1 Å². The van der Waals surface area contributed by atoms with Gasteiger partial charge in [-0.05, 0) is 73.4 Å². The average Bonchev–Trinajstić information content (AvgIpc) is 3.62. The molecule has 1 fully saturated rings. The first-order valence-corrected chi connectivity index (χ1v) is 14.8. The maximum atomic E-state index is 13.8. The number of aryl methyl sites for hydroxylation is 2. The molecule has 8 heteroatoms. The standard InChI is InChI=1S/C31H37FN4O2S/c1-4-5-12-28-33-31(16-8-9-17-31)30(37)36(28)20-23-13-14-25(24(19-23)15-18-32)26-10-6-7-11-27(26)39-35-29-21(2)22(3)34-38-29/h6-7,10-11,13-14,19,35H,4-5,8-9,12,15-18,20H2,1-3H3. The summed E-state index contributed by atoms with van der Waals surface area (Å²) in [5.74, 6) is 1.70. The lowest BCUT2D eigenvalue weighted by Gasteiger charge is -2.23. The van der Waals surface area contributed by atoms with Crippen LogP contribution in [0.15, 0.2) is 56.9 Å². The maximum absolute atomic E-state index is 13.8. The first-order chi connectivity index (χ1) is 19.0. The lowest BCUT2D eigenvalue weighted by atomic mass is 9.95. The summed E-state index contributed by atoms with van der Waals surface area (Å²) in [5, 5.41) is 4.02. The van der Waals surface area contributed by atoms with Crippen LogP contribution in [0.5, 0.6) is 0 Å². The largest absolute Gasteiger partial charge is 0.337 e. The van der Waals surface area contributed by atoms with Crippen molar-refractivity contribution in [1.82, 2.24) is 10.1 Å². The van der Waals surface area contributed by atoms with Crippen LogP contribution in [0.1, 0.15) is 74.3 Å². The van der Waals surface area contributed by atoms with Crippen LogP contribution >= 0.6 is 11.9 Å². The molecular formula is C31H37FN4O2S. The number of nitrogens with one attached hydrogen (secondary N) is 1. The molecule has 2 aliphatic rings. The van der Waals surface area contributed by atoms with Gasteiger partial charge in [0.15, 0.2) is 0 Å². The molecular weight excluding hydrogens is 511 g/mol. The molecule has 6 nitrogen and oxygen atoms in total. The highest BCUT2D eigenvalue weighted by atomic mass is 32.2. The van der Waals surface area contributed by atoms with Gasteiger partial charge in [-0.1, -0.05) is 67.7 Å². The zero-order valence-electron chi connectivity index (χ0n) is 23.1. The topological polar surface area (TPSA) is 70.7 Å². The summed E-state index contributed by atoms with van der Waals surface area (Å²) in [6.07, 6.45) is 7.01. The molecule has 0 unspecified atom stereocenters. The number of amides is 1. The molecule has 0 atom stereocenters. The number of rotatable bonds is 11. The predicted molar refractivity (Wildman–Crippen MR) is 156 cm³/mol. The molecule has 1 aliphatic carbocycles. The number of alkyl halides is 1. The highest BCUT2D eigenvalue weighted by Crippen LogP contribution is 2.41. The first-order valence-electron chi connectivity index (χ1n) is 14.0. The molecule has 3 aromatic rings. The molecule has 2 aromatic carbocycles. The highest BCUT2D eigenvalue weighted by molar-refractivity contribution is 8.00. The van der Waals surface area contributed by atoms with Gasteiger partial charge in [0.25, 0.3) is 5.91 Å². The van der Waals surface area contributed by atoms with E-state index in [1.165, 1.54) is 11.9 Å². The van der Waals surface area contributed by atoms with Crippen LogP contribution in [0.4, 0.5) is 10.3 Å². The van der Waals surface area contributed by atoms with Crippen molar-refractivity contribution in [1.29, 1.82) is 0 Å². The van der Waals surface area contributed by atoms with Crippen molar-refractivity contribution in [3.63, 3.8) is 0 Å². The maximum Gasteiger partial charge on any atom is 0.256 e. The van der Waals surface area contributed by atoms with Crippen molar-refractivity contribution in [2.24, 2.45) is 4.99 Å². The summed E-state index contributed by atoms with van der Waals surface area (Å²) in [5.41, 5.74) is 5.23. The fourth-order valence-corrected chi connectivity index (χ4v) is 6.41. The zero-order valence-corrected chi connectivity index (χ0v) is 23.9. The van der Waals surface area contributed by atoms with Gasteiger partial charge in [0.1, 0.15) is 11.4 Å². The van der Waals surface area contributed by atoms with Gasteiger partial charge in [0.2, 0.25) is 5.88 Å². The molecule has 0 radical (unpaired) electrons. The van der Waals surface area contributed by atoms with Gasteiger partial charge < -0.3 is 4.52 Å². The number of unbranched alkanes of at least 4 members (excludes halogenated alkanes) is 1. The zero-order chi connectivity index (χ0) is 27.4. The quantitative estimate of drug-likeness (QED) is 0.247. The fraction of sp³-hybridized carbons (Fsp3) is 0.452. The molecule has 5 rings (SSSR count). The number of aromatic nitrogens is 1. The number of benzene rings is 2. The van der Waals surface area contributed by atoms with E-state index in [0.29, 0.717) is 18.8 Å². The Bertz CT molecular complexity index is 1360. The second-order valence-corrected chi connectivity index (χ2v) is 11.5. The fourth-order valence-electron chi connectivity index (χ4n) is 5.59. The van der Waals surface area contributed by atoms with Gasteiger partial charge in [-0.25, -0.2) is 0 Å². The minimum absolute atomic E-state index is 0.146. The van der Waals surface area contributed by atoms with Gasteiger partial charge in [-0.3, -0.25) is 23.8 Å². The second kappa shape index (κ2) is 11.9. The van der Waals surface area contributed by atoms with Gasteiger partial charge in [0, 0.05) is 23.3 Å². The number of nitrogens with zero attached hydrogens (tertiary/aromatic N) is 3. The summed E-state index contributed by atoms with van der Waals surface area (Å²) >= 11 is 1.45. The number of carbonyl (C=O) groups is 1. The van der Waals surface area contributed by atoms with E-state index in [4.69, 9.17) is 9.52 Å². The lowest BCUT2D eigenvalue weighted by Crippen LogP contribution is -2.40. The van der Waals surface area contributed by atoms with Crippen LogP contribution in [-0.2, 0) is 17.8 Å². The molecule has 1 amide bonds. The van der Waals surface area contributed by atoms with Crippen LogP contribution in [-0.4, -0.2) is 34.0 Å². The van der Waals surface area contributed by atoms with E-state index in [9.17, 15) is 9.18 Å². The molecule has 0 bridgehead atoms. The van der Waals surface area contributed by atoms with Crippen LogP contribution in [0.2, 0.25) is 0 Å². The van der Waals surface area contributed by atoms with Crippen molar-refractivity contribution in [3.05, 3.63) is 64.8 Å². The predicted octanol–water partition coefficient (Wildman–Crippen LogP) is 7.83. The van der Waals surface area contributed by atoms with Crippen LogP contribution in [0, 0.1) is 13.8 Å². The Kier molecular flexibility index (Phi) is 8.40. The summed E-state index contributed by atoms with van der Waals surface area (Å²) < 4.78 is 22.5. The van der Waals surface area contributed by atoms with E-state index < -0.39 is 12.2 Å². The summed E-state index contributed by atoms with van der Waals surface area (Å²) in [6.45, 7) is 6.07. The Labute approximate surface area is 234 Å². The van der Waals surface area contributed by atoms with Crippen LogP contribution in [0.3, 0.4) is 0 Å². The van der Waals surface area contributed by atoms with E-state index in [1.54, 1.807) is 0 Å². The third-order valence-corrected chi connectivity index (χ3v) is 8.81. The molecule has 1 spiro atoms. The number of hydrogen-bond donors (Lipinski definition) is 1. The van der Waals surface area contributed by atoms with Gasteiger partial charge in [-0.2, -0.15) is 0 Å². The molecule has 206 valence electrons. The van der Waals surface area contributed by atoms with E-state index in [0.717, 1.165) is 89.2 Å². The molecule has 1 aromatic heterocycles. The molecule has 1 saturated carbocycles. The monoisotopic (exact) mass is 548 g/mol. The minimum atomic E-state index is -0.547. The Morgan fingerprint density at radius 1 is 1.10 bits per heavy atom. The van der Waals surface area contributed by atoms with Crippen molar-refractivity contribution in [3.8, 4) is 11.1 Å². The van der Waals surface area contributed by atoms with Crippen molar-refractivity contribution in [2.75, 3.05) is 11.4 Å². The van der Waals surface area contributed by atoms with Gasteiger partial charge in [-0.15, -0.1) is 0 Å². The van der Waals surface area contributed by atoms with Gasteiger partial charge in [0.05, 0.1) is 18.9 Å². The Morgan fingerprint density at radius 2 is 1.90 bits per heavy atom. The molecule has 39 heavy (non-hydrogen) atoms. The van der Waals surface area contributed by atoms with E-state index in [1.807, 2.05) is 36.9 Å². The normalized spacial score (nSPS) is 16.4. The summed E-state index contributed by atoms with van der Waals surface area (Å²) in [4.78, 5) is 21.5. The average molecular weight is 549 g/mol. The van der Waals surface area contributed by atoms with Crippen molar-refractivity contribution >= 4 is 29.6 Å². The number of hydrogen-bond acceptors (Lipinski definition) is 6. The Morgan fingerprint density at radius 3 is 2.62 bits per heavy atom. The van der Waals surface area contributed by atoms with Crippen LogP contribution in [0.25, 0.3) is 11.1 Å². The van der Waals surface area contributed by atoms with Gasteiger partial charge >= 0.3 is 0 Å². The summed E-state index contributed by atoms with van der Waals surface area (Å²) in [6, 6.07) is 14.3. The smallest absolute Gasteiger partial charge is 0.256 e. The number of aliphatic imine (C=N–C) groups is 1. The highest BCUT2D eigenvalue weighted by Gasteiger charge is 2.49. The third-order valence-electron chi connectivity index (χ3n) is 7.94. The van der Waals surface area contributed by atoms with Crippen molar-refractivity contribution < 1.29 is 13.7 Å². The Hall–Kier alpha value is -3.13. The molecule has 1 aliphatic heterocycles. The first kappa shape index (κ1) is 27.4. The van der Waals surface area contributed by atoms with Crippen LogP contribution < -0.4 is 4.72 Å². The van der Waals surface area contributed by atoms with E-state index in [2.05, 4.69) is 41.1 Å². The SMILES string of the molecule is CCCCC1=NC2(CCCC2)C(=O)N1Cc1ccc(-c2ccccc2SNc2onc(C)c2C)c(CCF)c1. The number of halogens is 1. The summed E-state index contributed by atoms with van der Waals surface area (Å²) in [7, 11) is 0. The number of amidine groups is 1. The van der Waals surface area contributed by atoms with E-state index in [-0.39, 0.29) is 5.91 Å². The molecule has 1 N–H and O–H groups in total. The number of carbonyl (C=O) groups excluding carboxylic acids is 1. The second-order valence-electron chi connectivity index (χ2n) is 10.6. The number of anilines is 1. The molecule has 0 saturated heterocycles.